The van der Waals surface area contributed by atoms with E-state index < -0.39 is 12.1 Å². The molecular formula is C15H23N3O3. The maximum Gasteiger partial charge on any atom is 0.322 e. The molecule has 0 unspecified atom stereocenters. The zero-order chi connectivity index (χ0) is 14.8. The minimum atomic E-state index is -0.697. The van der Waals surface area contributed by atoms with Gasteiger partial charge in [0.15, 0.2) is 0 Å². The maximum absolute atomic E-state index is 12.5. The Kier molecular flexibility index (Phi) is 4.12. The van der Waals surface area contributed by atoms with Crippen LogP contribution in [0.1, 0.15) is 51.4 Å². The van der Waals surface area contributed by atoms with Gasteiger partial charge in [0.25, 0.3) is 5.91 Å². The average molecular weight is 293 g/mol. The first-order valence-electron chi connectivity index (χ1n) is 8.04. The molecule has 0 spiro atoms. The van der Waals surface area contributed by atoms with Crippen molar-refractivity contribution in [2.45, 2.75) is 63.5 Å². The summed E-state index contributed by atoms with van der Waals surface area (Å²) in [6.07, 6.45) is 8.47. The van der Waals surface area contributed by atoms with Gasteiger partial charge in [0.05, 0.1) is 6.42 Å². The van der Waals surface area contributed by atoms with Gasteiger partial charge < -0.3 is 10.2 Å². The molecule has 4 amide bonds. The predicted molar refractivity (Wildman–Crippen MR) is 76.4 cm³/mol. The molecular weight excluding hydrogens is 270 g/mol. The van der Waals surface area contributed by atoms with Crippen LogP contribution in [0.25, 0.3) is 0 Å². The van der Waals surface area contributed by atoms with Crippen molar-refractivity contribution in [3.05, 3.63) is 0 Å². The topological polar surface area (TPSA) is 78.5 Å². The maximum atomic E-state index is 12.5. The first kappa shape index (κ1) is 14.4. The normalized spacial score (nSPS) is 26.4. The monoisotopic (exact) mass is 293 g/mol. The van der Waals surface area contributed by atoms with Crippen molar-refractivity contribution >= 4 is 17.8 Å². The molecule has 2 N–H and O–H groups in total. The van der Waals surface area contributed by atoms with Crippen LogP contribution in [-0.4, -0.2) is 41.4 Å². The van der Waals surface area contributed by atoms with Crippen LogP contribution < -0.4 is 10.6 Å². The standard InChI is InChI=1S/C15H23N3O3/c19-13(8-12-14(20)17-15(21)16-12)18(11-6-7-11)9-10-4-2-1-3-5-10/h10-12H,1-9H2,(H2,16,17,20,21)/t12-/m0/s1. The summed E-state index contributed by atoms with van der Waals surface area (Å²) in [5.41, 5.74) is 0. The lowest BCUT2D eigenvalue weighted by molar-refractivity contribution is -0.135. The zero-order valence-corrected chi connectivity index (χ0v) is 12.3. The highest BCUT2D eigenvalue weighted by molar-refractivity contribution is 6.05. The second-order valence-corrected chi connectivity index (χ2v) is 6.50. The molecule has 6 nitrogen and oxygen atoms in total. The summed E-state index contributed by atoms with van der Waals surface area (Å²) in [7, 11) is 0. The molecule has 1 atom stereocenters. The number of amides is 4. The molecule has 2 aliphatic carbocycles. The third kappa shape index (κ3) is 3.54. The van der Waals surface area contributed by atoms with Crippen LogP contribution in [-0.2, 0) is 9.59 Å². The molecule has 3 aliphatic rings. The Morgan fingerprint density at radius 2 is 1.81 bits per heavy atom. The lowest BCUT2D eigenvalue weighted by Crippen LogP contribution is -2.42. The molecule has 3 fully saturated rings. The number of carbonyl (C=O) groups is 3. The molecule has 0 aromatic heterocycles. The van der Waals surface area contributed by atoms with E-state index in [0.717, 1.165) is 19.4 Å². The summed E-state index contributed by atoms with van der Waals surface area (Å²) < 4.78 is 0. The van der Waals surface area contributed by atoms with E-state index in [9.17, 15) is 14.4 Å². The van der Waals surface area contributed by atoms with Crippen molar-refractivity contribution in [2.75, 3.05) is 6.54 Å². The summed E-state index contributed by atoms with van der Waals surface area (Å²) in [6, 6.07) is -0.833. The van der Waals surface area contributed by atoms with Crippen LogP contribution in [0.5, 0.6) is 0 Å². The molecule has 1 heterocycles. The van der Waals surface area contributed by atoms with Crippen molar-refractivity contribution in [1.29, 1.82) is 0 Å². The largest absolute Gasteiger partial charge is 0.339 e. The fourth-order valence-electron chi connectivity index (χ4n) is 3.38. The van der Waals surface area contributed by atoms with Crippen LogP contribution in [0.15, 0.2) is 0 Å². The number of rotatable bonds is 5. The van der Waals surface area contributed by atoms with Crippen LogP contribution in [0.4, 0.5) is 4.79 Å². The Morgan fingerprint density at radius 3 is 2.38 bits per heavy atom. The van der Waals surface area contributed by atoms with E-state index in [0.29, 0.717) is 12.0 Å². The number of urea groups is 1. The summed E-state index contributed by atoms with van der Waals surface area (Å²) in [6.45, 7) is 0.825. The lowest BCUT2D eigenvalue weighted by atomic mass is 9.89. The van der Waals surface area contributed by atoms with Gasteiger partial charge in [0.1, 0.15) is 6.04 Å². The van der Waals surface area contributed by atoms with Crippen LogP contribution in [0.3, 0.4) is 0 Å². The Morgan fingerprint density at radius 1 is 1.10 bits per heavy atom. The number of hydrogen-bond acceptors (Lipinski definition) is 3. The Bertz CT molecular complexity index is 441. The first-order valence-corrected chi connectivity index (χ1v) is 8.04. The smallest absolute Gasteiger partial charge is 0.322 e. The van der Waals surface area contributed by atoms with Gasteiger partial charge in [-0.2, -0.15) is 0 Å². The first-order chi connectivity index (χ1) is 10.1. The van der Waals surface area contributed by atoms with E-state index in [1.54, 1.807) is 0 Å². The van der Waals surface area contributed by atoms with Crippen molar-refractivity contribution < 1.29 is 14.4 Å². The van der Waals surface area contributed by atoms with E-state index in [4.69, 9.17) is 0 Å². The zero-order valence-electron chi connectivity index (χ0n) is 12.3. The van der Waals surface area contributed by atoms with Gasteiger partial charge in [0, 0.05) is 12.6 Å². The van der Waals surface area contributed by atoms with Crippen molar-refractivity contribution in [1.82, 2.24) is 15.5 Å². The lowest BCUT2D eigenvalue weighted by Gasteiger charge is -2.30. The molecule has 1 aliphatic heterocycles. The van der Waals surface area contributed by atoms with E-state index in [1.165, 1.54) is 32.1 Å². The van der Waals surface area contributed by atoms with Gasteiger partial charge in [-0.3, -0.25) is 14.9 Å². The van der Waals surface area contributed by atoms with E-state index in [-0.39, 0.29) is 18.2 Å². The number of nitrogens with zero attached hydrogens (tertiary/aromatic N) is 1. The summed E-state index contributed by atoms with van der Waals surface area (Å²) >= 11 is 0. The number of nitrogens with one attached hydrogen (secondary N) is 2. The number of carbonyl (C=O) groups excluding carboxylic acids is 3. The van der Waals surface area contributed by atoms with E-state index in [2.05, 4.69) is 10.6 Å². The average Bonchev–Trinajstić information content (AvgIpc) is 3.24. The second kappa shape index (κ2) is 6.03. The number of hydrogen-bond donors (Lipinski definition) is 2. The van der Waals surface area contributed by atoms with Crippen LogP contribution >= 0.6 is 0 Å². The molecule has 2 saturated carbocycles. The van der Waals surface area contributed by atoms with Crippen molar-refractivity contribution in [2.24, 2.45) is 5.92 Å². The van der Waals surface area contributed by atoms with Gasteiger partial charge in [-0.25, -0.2) is 4.79 Å². The molecule has 3 rings (SSSR count). The quantitative estimate of drug-likeness (QED) is 0.747. The Balaban J connectivity index is 1.56. The minimum Gasteiger partial charge on any atom is -0.339 e. The van der Waals surface area contributed by atoms with Gasteiger partial charge in [-0.1, -0.05) is 19.3 Å². The van der Waals surface area contributed by atoms with Gasteiger partial charge in [-0.05, 0) is 31.6 Å². The SMILES string of the molecule is O=C1NC(=O)[C@H](CC(=O)N(CC2CCCCC2)C2CC2)N1. The second-order valence-electron chi connectivity index (χ2n) is 6.50. The fourth-order valence-corrected chi connectivity index (χ4v) is 3.38. The minimum absolute atomic E-state index is 0.00502. The predicted octanol–water partition coefficient (Wildman–Crippen LogP) is 1.16. The third-order valence-corrected chi connectivity index (χ3v) is 4.72. The van der Waals surface area contributed by atoms with E-state index in [1.807, 2.05) is 4.90 Å². The fraction of sp³-hybridized carbons (Fsp3) is 0.800. The van der Waals surface area contributed by atoms with Gasteiger partial charge >= 0.3 is 6.03 Å². The molecule has 1 saturated heterocycles. The molecule has 0 radical (unpaired) electrons. The summed E-state index contributed by atoms with van der Waals surface area (Å²) in [5, 5.41) is 4.68. The summed E-state index contributed by atoms with van der Waals surface area (Å²) in [5.74, 6) is 0.225. The molecule has 6 heteroatoms. The van der Waals surface area contributed by atoms with Crippen LogP contribution in [0, 0.1) is 5.92 Å². The molecule has 21 heavy (non-hydrogen) atoms. The highest BCUT2D eigenvalue weighted by atomic mass is 16.2. The number of imide groups is 1. The molecule has 0 bridgehead atoms. The molecule has 0 aromatic carbocycles. The Hall–Kier alpha value is -1.59. The van der Waals surface area contributed by atoms with E-state index >= 15 is 0 Å². The van der Waals surface area contributed by atoms with Crippen molar-refractivity contribution in [3.8, 4) is 0 Å². The Labute approximate surface area is 124 Å². The van der Waals surface area contributed by atoms with Crippen molar-refractivity contribution in [3.63, 3.8) is 0 Å². The third-order valence-electron chi connectivity index (χ3n) is 4.72. The van der Waals surface area contributed by atoms with Crippen LogP contribution in [0.2, 0.25) is 0 Å². The highest BCUT2D eigenvalue weighted by Gasteiger charge is 2.38. The summed E-state index contributed by atoms with van der Waals surface area (Å²) in [4.78, 5) is 37.1. The van der Waals surface area contributed by atoms with Gasteiger partial charge in [-0.15, -0.1) is 0 Å². The van der Waals surface area contributed by atoms with Gasteiger partial charge in [0.2, 0.25) is 5.91 Å². The molecule has 116 valence electrons. The molecule has 0 aromatic rings. The highest BCUT2D eigenvalue weighted by Crippen LogP contribution is 2.32.